The molecule has 0 aromatic rings. The molecule has 2 rings (SSSR count). The largest absolute Gasteiger partial charge is 0.326 e. The molecule has 3 atom stereocenters. The molecule has 1 saturated carbocycles. The van der Waals surface area contributed by atoms with Gasteiger partial charge in [-0.25, -0.2) is 0 Å². The Balaban J connectivity index is 1.78. The van der Waals surface area contributed by atoms with Crippen molar-refractivity contribution >= 4 is 5.91 Å². The second-order valence-electron chi connectivity index (χ2n) is 5.82. The highest BCUT2D eigenvalue weighted by atomic mass is 16.2. The number of rotatable bonds is 4. The molecule has 3 heteroatoms. The van der Waals surface area contributed by atoms with E-state index >= 15 is 0 Å². The van der Waals surface area contributed by atoms with Gasteiger partial charge in [0.15, 0.2) is 0 Å². The molecule has 0 spiro atoms. The van der Waals surface area contributed by atoms with E-state index < -0.39 is 0 Å². The van der Waals surface area contributed by atoms with Crippen LogP contribution in [0, 0.1) is 11.8 Å². The second-order valence-corrected chi connectivity index (χ2v) is 5.82. The fraction of sp³-hybridized carbons (Fsp3) is 0.929. The van der Waals surface area contributed by atoms with E-state index in [9.17, 15) is 4.79 Å². The first-order valence-electron chi connectivity index (χ1n) is 7.23. The lowest BCUT2D eigenvalue weighted by Crippen LogP contribution is -2.38. The fourth-order valence-corrected chi connectivity index (χ4v) is 3.38. The predicted octanol–water partition coefficient (Wildman–Crippen LogP) is 2.37. The molecular weight excluding hydrogens is 212 g/mol. The maximum atomic E-state index is 11.7. The Kier molecular flexibility index (Phi) is 4.43. The summed E-state index contributed by atoms with van der Waals surface area (Å²) in [6.07, 6.45) is 8.04. The molecule has 3 unspecified atom stereocenters. The van der Waals surface area contributed by atoms with Gasteiger partial charge in [0.1, 0.15) is 0 Å². The third-order valence-electron chi connectivity index (χ3n) is 4.40. The molecule has 1 heterocycles. The van der Waals surface area contributed by atoms with Crippen molar-refractivity contribution in [2.24, 2.45) is 11.8 Å². The van der Waals surface area contributed by atoms with Gasteiger partial charge in [0.05, 0.1) is 12.7 Å². The summed E-state index contributed by atoms with van der Waals surface area (Å²) in [6, 6.07) is 0. The summed E-state index contributed by atoms with van der Waals surface area (Å²) in [6.45, 7) is 6.01. The summed E-state index contributed by atoms with van der Waals surface area (Å²) in [5, 5.41) is 3.28. The Morgan fingerprint density at radius 2 is 2.24 bits per heavy atom. The predicted molar refractivity (Wildman–Crippen MR) is 69.5 cm³/mol. The van der Waals surface area contributed by atoms with Gasteiger partial charge in [-0.15, -0.1) is 0 Å². The van der Waals surface area contributed by atoms with Crippen LogP contribution in [-0.2, 0) is 4.79 Å². The molecule has 1 saturated heterocycles. The molecule has 1 aliphatic carbocycles. The SMILES string of the molecule is CCC1NCC(=O)N1CCC1CCCC(C)C1. The van der Waals surface area contributed by atoms with Gasteiger partial charge in [0, 0.05) is 6.54 Å². The Morgan fingerprint density at radius 3 is 2.94 bits per heavy atom. The lowest BCUT2D eigenvalue weighted by atomic mass is 9.81. The van der Waals surface area contributed by atoms with Crippen LogP contribution in [0.4, 0.5) is 0 Å². The van der Waals surface area contributed by atoms with Crippen molar-refractivity contribution < 1.29 is 4.79 Å². The highest BCUT2D eigenvalue weighted by Crippen LogP contribution is 2.31. The minimum absolute atomic E-state index is 0.292. The van der Waals surface area contributed by atoms with Crippen LogP contribution < -0.4 is 5.32 Å². The van der Waals surface area contributed by atoms with Crippen LogP contribution in [0.1, 0.15) is 52.4 Å². The summed E-state index contributed by atoms with van der Waals surface area (Å²) in [5.41, 5.74) is 0. The van der Waals surface area contributed by atoms with Gasteiger partial charge >= 0.3 is 0 Å². The van der Waals surface area contributed by atoms with Gasteiger partial charge in [-0.2, -0.15) is 0 Å². The first-order chi connectivity index (χ1) is 8.20. The molecular formula is C14H26N2O. The molecule has 1 amide bonds. The zero-order chi connectivity index (χ0) is 12.3. The van der Waals surface area contributed by atoms with Gasteiger partial charge in [-0.05, 0) is 31.1 Å². The molecule has 1 N–H and O–H groups in total. The molecule has 0 radical (unpaired) electrons. The van der Waals surface area contributed by atoms with E-state index in [-0.39, 0.29) is 0 Å². The van der Waals surface area contributed by atoms with E-state index in [0.29, 0.717) is 18.6 Å². The maximum absolute atomic E-state index is 11.7. The quantitative estimate of drug-likeness (QED) is 0.815. The molecule has 1 aliphatic heterocycles. The standard InChI is InChI=1S/C14H26N2O/c1-3-13-15-10-14(17)16(13)8-7-12-6-4-5-11(2)9-12/h11-13,15H,3-10H2,1-2H3. The third-order valence-corrected chi connectivity index (χ3v) is 4.40. The highest BCUT2D eigenvalue weighted by molar-refractivity contribution is 5.80. The average Bonchev–Trinajstić information content (AvgIpc) is 2.67. The van der Waals surface area contributed by atoms with Crippen LogP contribution in [-0.4, -0.2) is 30.1 Å². The van der Waals surface area contributed by atoms with Crippen LogP contribution in [0.5, 0.6) is 0 Å². The lowest BCUT2D eigenvalue weighted by Gasteiger charge is -2.30. The van der Waals surface area contributed by atoms with E-state index in [1.165, 1.54) is 32.1 Å². The van der Waals surface area contributed by atoms with E-state index in [0.717, 1.165) is 24.8 Å². The van der Waals surface area contributed by atoms with Crippen LogP contribution in [0.15, 0.2) is 0 Å². The van der Waals surface area contributed by atoms with Crippen molar-refractivity contribution in [2.45, 2.75) is 58.5 Å². The Hall–Kier alpha value is -0.570. The van der Waals surface area contributed by atoms with E-state index in [1.54, 1.807) is 0 Å². The summed E-state index contributed by atoms with van der Waals surface area (Å²) in [4.78, 5) is 13.8. The summed E-state index contributed by atoms with van der Waals surface area (Å²) in [5.74, 6) is 2.04. The normalized spacial score (nSPS) is 34.4. The first kappa shape index (κ1) is 12.9. The number of carbonyl (C=O) groups excluding carboxylic acids is 1. The van der Waals surface area contributed by atoms with Crippen molar-refractivity contribution in [1.29, 1.82) is 0 Å². The Morgan fingerprint density at radius 1 is 1.41 bits per heavy atom. The van der Waals surface area contributed by atoms with Crippen molar-refractivity contribution in [3.63, 3.8) is 0 Å². The zero-order valence-corrected chi connectivity index (χ0v) is 11.2. The minimum Gasteiger partial charge on any atom is -0.326 e. The van der Waals surface area contributed by atoms with Crippen LogP contribution >= 0.6 is 0 Å². The summed E-state index contributed by atoms with van der Waals surface area (Å²) >= 11 is 0. The number of hydrogen-bond donors (Lipinski definition) is 1. The number of hydrogen-bond acceptors (Lipinski definition) is 2. The lowest BCUT2D eigenvalue weighted by molar-refractivity contribution is -0.128. The van der Waals surface area contributed by atoms with Crippen molar-refractivity contribution in [2.75, 3.05) is 13.1 Å². The van der Waals surface area contributed by atoms with Crippen LogP contribution in [0.25, 0.3) is 0 Å². The van der Waals surface area contributed by atoms with Gasteiger partial charge in [0.25, 0.3) is 0 Å². The first-order valence-corrected chi connectivity index (χ1v) is 7.23. The van der Waals surface area contributed by atoms with Gasteiger partial charge < -0.3 is 4.90 Å². The van der Waals surface area contributed by atoms with Crippen molar-refractivity contribution in [3.05, 3.63) is 0 Å². The van der Waals surface area contributed by atoms with E-state index in [2.05, 4.69) is 24.1 Å². The van der Waals surface area contributed by atoms with Crippen molar-refractivity contribution in [3.8, 4) is 0 Å². The Labute approximate surface area is 105 Å². The molecule has 2 fully saturated rings. The smallest absolute Gasteiger partial charge is 0.237 e. The molecule has 3 nitrogen and oxygen atoms in total. The number of nitrogens with zero attached hydrogens (tertiary/aromatic N) is 1. The third kappa shape index (κ3) is 3.21. The molecule has 0 bridgehead atoms. The highest BCUT2D eigenvalue weighted by Gasteiger charge is 2.29. The molecule has 2 aliphatic rings. The number of amides is 1. The molecule has 98 valence electrons. The van der Waals surface area contributed by atoms with E-state index in [1.807, 2.05) is 0 Å². The molecule has 0 aromatic heterocycles. The maximum Gasteiger partial charge on any atom is 0.237 e. The topological polar surface area (TPSA) is 32.3 Å². The Bertz CT molecular complexity index is 267. The van der Waals surface area contributed by atoms with Crippen LogP contribution in [0.3, 0.4) is 0 Å². The molecule has 17 heavy (non-hydrogen) atoms. The fourth-order valence-electron chi connectivity index (χ4n) is 3.38. The molecule has 0 aromatic carbocycles. The van der Waals surface area contributed by atoms with Gasteiger partial charge in [-0.1, -0.05) is 33.1 Å². The van der Waals surface area contributed by atoms with E-state index in [4.69, 9.17) is 0 Å². The monoisotopic (exact) mass is 238 g/mol. The minimum atomic E-state index is 0.292. The van der Waals surface area contributed by atoms with Gasteiger partial charge in [0.2, 0.25) is 5.91 Å². The number of carbonyl (C=O) groups is 1. The van der Waals surface area contributed by atoms with Gasteiger partial charge in [-0.3, -0.25) is 10.1 Å². The van der Waals surface area contributed by atoms with Crippen LogP contribution in [0.2, 0.25) is 0 Å². The average molecular weight is 238 g/mol. The zero-order valence-electron chi connectivity index (χ0n) is 11.2. The summed E-state index contributed by atoms with van der Waals surface area (Å²) < 4.78 is 0. The number of nitrogens with one attached hydrogen (secondary N) is 1. The second kappa shape index (κ2) is 5.85. The van der Waals surface area contributed by atoms with Crippen molar-refractivity contribution in [1.82, 2.24) is 10.2 Å². The summed E-state index contributed by atoms with van der Waals surface area (Å²) in [7, 11) is 0.